The number of aryl methyl sites for hydroxylation is 1. The molecule has 2 heterocycles. The van der Waals surface area contributed by atoms with Crippen molar-refractivity contribution in [3.63, 3.8) is 0 Å². The molecule has 1 aliphatic carbocycles. The molecule has 0 aromatic carbocycles. The van der Waals surface area contributed by atoms with Crippen LogP contribution in [0.2, 0.25) is 0 Å². The third-order valence-electron chi connectivity index (χ3n) is 3.23. The minimum atomic E-state index is 0.771. The molecule has 4 heteroatoms. The molecule has 3 rings (SSSR count). The molecule has 1 N–H and O–H groups in total. The van der Waals surface area contributed by atoms with Gasteiger partial charge in [-0.15, -0.1) is 0 Å². The van der Waals surface area contributed by atoms with Crippen molar-refractivity contribution in [3.05, 3.63) is 42.2 Å². The van der Waals surface area contributed by atoms with Crippen LogP contribution >= 0.6 is 0 Å². The van der Waals surface area contributed by atoms with Gasteiger partial charge in [-0.2, -0.15) is 0 Å². The van der Waals surface area contributed by atoms with E-state index in [1.165, 1.54) is 18.4 Å². The van der Waals surface area contributed by atoms with Gasteiger partial charge in [0.2, 0.25) is 0 Å². The molecule has 0 amide bonds. The van der Waals surface area contributed by atoms with Crippen molar-refractivity contribution >= 4 is 0 Å². The number of nitrogens with zero attached hydrogens (tertiary/aromatic N) is 3. The van der Waals surface area contributed by atoms with Crippen LogP contribution in [-0.2, 0) is 20.1 Å². The summed E-state index contributed by atoms with van der Waals surface area (Å²) in [4.78, 5) is 4.33. The summed E-state index contributed by atoms with van der Waals surface area (Å²) in [7, 11) is 2.03. The molecule has 2 aromatic rings. The zero-order chi connectivity index (χ0) is 11.7. The molecule has 0 unspecified atom stereocenters. The quantitative estimate of drug-likeness (QED) is 0.845. The summed E-state index contributed by atoms with van der Waals surface area (Å²) < 4.78 is 4.24. The molecule has 1 fully saturated rings. The Bertz CT molecular complexity index is 493. The fourth-order valence-corrected chi connectivity index (χ4v) is 1.96. The molecule has 0 aliphatic heterocycles. The first kappa shape index (κ1) is 10.6. The average molecular weight is 230 g/mol. The molecular formula is C13H18N4. The van der Waals surface area contributed by atoms with E-state index in [2.05, 4.69) is 37.9 Å². The van der Waals surface area contributed by atoms with Gasteiger partial charge in [0.25, 0.3) is 0 Å². The number of hydrogen-bond donors (Lipinski definition) is 1. The first-order valence-electron chi connectivity index (χ1n) is 6.15. The lowest BCUT2D eigenvalue weighted by Crippen LogP contribution is -2.14. The first-order chi connectivity index (χ1) is 8.31. The van der Waals surface area contributed by atoms with Gasteiger partial charge >= 0.3 is 0 Å². The van der Waals surface area contributed by atoms with Crippen LogP contribution in [0, 0.1) is 0 Å². The summed E-state index contributed by atoms with van der Waals surface area (Å²) in [5.74, 6) is 1.09. The lowest BCUT2D eigenvalue weighted by molar-refractivity contribution is 0.677. The van der Waals surface area contributed by atoms with Crippen LogP contribution in [0.25, 0.3) is 0 Å². The third kappa shape index (κ3) is 2.58. The predicted octanol–water partition coefficient (Wildman–Crippen LogP) is 1.52. The fourth-order valence-electron chi connectivity index (χ4n) is 1.96. The van der Waals surface area contributed by atoms with E-state index in [4.69, 9.17) is 0 Å². The molecular weight excluding hydrogens is 212 g/mol. The van der Waals surface area contributed by atoms with Crippen molar-refractivity contribution in [1.82, 2.24) is 19.4 Å². The van der Waals surface area contributed by atoms with Gasteiger partial charge in [-0.25, -0.2) is 4.98 Å². The molecule has 1 saturated carbocycles. The fraction of sp³-hybridized carbons (Fsp3) is 0.462. The minimum Gasteiger partial charge on any atom is -0.346 e. The maximum atomic E-state index is 4.33. The van der Waals surface area contributed by atoms with Gasteiger partial charge in [0.1, 0.15) is 5.82 Å². The standard InChI is InChI=1S/C13H18N4/c1-16-7-5-14-13(16)10-17-6-4-11(9-17)8-15-12-2-3-12/h4-7,9,12,15H,2-3,8,10H2,1H3. The van der Waals surface area contributed by atoms with Crippen molar-refractivity contribution in [2.45, 2.75) is 32.0 Å². The monoisotopic (exact) mass is 230 g/mol. The molecule has 2 aromatic heterocycles. The van der Waals surface area contributed by atoms with Crippen molar-refractivity contribution in [2.75, 3.05) is 0 Å². The van der Waals surface area contributed by atoms with Gasteiger partial charge in [-0.05, 0) is 24.5 Å². The molecule has 0 atom stereocenters. The zero-order valence-electron chi connectivity index (χ0n) is 10.1. The molecule has 0 saturated heterocycles. The lowest BCUT2D eigenvalue weighted by Gasteiger charge is -2.03. The normalized spacial score (nSPS) is 15.4. The van der Waals surface area contributed by atoms with Crippen LogP contribution in [-0.4, -0.2) is 20.2 Å². The predicted molar refractivity (Wildman–Crippen MR) is 66.6 cm³/mol. The SMILES string of the molecule is Cn1ccnc1Cn1ccc(CNC2CC2)c1. The second-order valence-electron chi connectivity index (χ2n) is 4.80. The maximum Gasteiger partial charge on any atom is 0.128 e. The van der Waals surface area contributed by atoms with Crippen LogP contribution in [0.1, 0.15) is 24.2 Å². The Balaban J connectivity index is 1.61. The lowest BCUT2D eigenvalue weighted by atomic mass is 10.3. The number of aromatic nitrogens is 3. The second kappa shape index (κ2) is 4.37. The van der Waals surface area contributed by atoms with Crippen molar-refractivity contribution in [3.8, 4) is 0 Å². The van der Waals surface area contributed by atoms with E-state index in [9.17, 15) is 0 Å². The van der Waals surface area contributed by atoms with Crippen LogP contribution in [0.15, 0.2) is 30.9 Å². The topological polar surface area (TPSA) is 34.8 Å². The Kier molecular flexibility index (Phi) is 2.73. The van der Waals surface area contributed by atoms with E-state index in [0.717, 1.165) is 25.0 Å². The van der Waals surface area contributed by atoms with Gasteiger partial charge in [0.15, 0.2) is 0 Å². The highest BCUT2D eigenvalue weighted by atomic mass is 15.1. The second-order valence-corrected chi connectivity index (χ2v) is 4.80. The maximum absolute atomic E-state index is 4.33. The summed E-state index contributed by atoms with van der Waals surface area (Å²) in [6, 6.07) is 2.95. The Morgan fingerprint density at radius 1 is 1.41 bits per heavy atom. The van der Waals surface area contributed by atoms with Crippen molar-refractivity contribution < 1.29 is 0 Å². The number of hydrogen-bond acceptors (Lipinski definition) is 2. The third-order valence-corrected chi connectivity index (χ3v) is 3.23. The van der Waals surface area contributed by atoms with Crippen LogP contribution in [0.3, 0.4) is 0 Å². The van der Waals surface area contributed by atoms with Gasteiger partial charge in [-0.3, -0.25) is 0 Å². The molecule has 0 bridgehead atoms. The molecule has 0 radical (unpaired) electrons. The van der Waals surface area contributed by atoms with Gasteiger partial charge < -0.3 is 14.5 Å². The number of nitrogens with one attached hydrogen (secondary N) is 1. The Morgan fingerprint density at radius 3 is 3.00 bits per heavy atom. The summed E-state index contributed by atoms with van der Waals surface area (Å²) in [6.07, 6.45) is 10.8. The highest BCUT2D eigenvalue weighted by Crippen LogP contribution is 2.19. The van der Waals surface area contributed by atoms with Crippen LogP contribution in [0.4, 0.5) is 0 Å². The average Bonchev–Trinajstić information content (AvgIpc) is 2.92. The van der Waals surface area contributed by atoms with Gasteiger partial charge in [0, 0.05) is 44.4 Å². The minimum absolute atomic E-state index is 0.771. The summed E-state index contributed by atoms with van der Waals surface area (Å²) in [6.45, 7) is 1.82. The van der Waals surface area contributed by atoms with Crippen molar-refractivity contribution in [2.24, 2.45) is 7.05 Å². The highest BCUT2D eigenvalue weighted by Gasteiger charge is 2.19. The number of imidazole rings is 1. The van der Waals surface area contributed by atoms with Gasteiger partial charge in [0.05, 0.1) is 6.54 Å². The van der Waals surface area contributed by atoms with E-state index < -0.39 is 0 Å². The molecule has 4 nitrogen and oxygen atoms in total. The number of rotatable bonds is 5. The summed E-state index contributed by atoms with van der Waals surface area (Å²) in [5, 5.41) is 3.52. The molecule has 1 aliphatic rings. The van der Waals surface area contributed by atoms with Crippen molar-refractivity contribution in [1.29, 1.82) is 0 Å². The summed E-state index contributed by atoms with van der Waals surface area (Å²) in [5.41, 5.74) is 1.35. The Hall–Kier alpha value is -1.55. The molecule has 17 heavy (non-hydrogen) atoms. The van der Waals surface area contributed by atoms with Crippen LogP contribution in [0.5, 0.6) is 0 Å². The largest absolute Gasteiger partial charge is 0.346 e. The first-order valence-corrected chi connectivity index (χ1v) is 6.15. The van der Waals surface area contributed by atoms with E-state index in [1.807, 2.05) is 19.4 Å². The Morgan fingerprint density at radius 2 is 2.29 bits per heavy atom. The highest BCUT2D eigenvalue weighted by molar-refractivity contribution is 5.11. The van der Waals surface area contributed by atoms with E-state index in [0.29, 0.717) is 0 Å². The zero-order valence-corrected chi connectivity index (χ0v) is 10.1. The Labute approximate surface area is 101 Å². The molecule has 90 valence electrons. The van der Waals surface area contributed by atoms with E-state index >= 15 is 0 Å². The summed E-state index contributed by atoms with van der Waals surface area (Å²) >= 11 is 0. The van der Waals surface area contributed by atoms with E-state index in [1.54, 1.807) is 0 Å². The molecule has 0 spiro atoms. The smallest absolute Gasteiger partial charge is 0.128 e. The van der Waals surface area contributed by atoms with Crippen LogP contribution < -0.4 is 5.32 Å². The van der Waals surface area contributed by atoms with E-state index in [-0.39, 0.29) is 0 Å². The van der Waals surface area contributed by atoms with Gasteiger partial charge in [-0.1, -0.05) is 0 Å².